The van der Waals surface area contributed by atoms with E-state index in [1.165, 1.54) is 24.0 Å². The lowest BCUT2D eigenvalue weighted by molar-refractivity contribution is -0.0558. The van der Waals surface area contributed by atoms with Crippen LogP contribution in [0.3, 0.4) is 0 Å². The number of hydrogen-bond acceptors (Lipinski definition) is 1. The van der Waals surface area contributed by atoms with Gasteiger partial charge >= 0.3 is 0 Å². The largest absolute Gasteiger partial charge is 0.385 e. The molecule has 0 aromatic heterocycles. The van der Waals surface area contributed by atoms with Gasteiger partial charge in [0.1, 0.15) is 0 Å². The normalized spacial score (nSPS) is 29.3. The number of rotatable bonds is 2. The van der Waals surface area contributed by atoms with Gasteiger partial charge in [-0.25, -0.2) is 0 Å². The van der Waals surface area contributed by atoms with E-state index in [2.05, 4.69) is 39.0 Å². The van der Waals surface area contributed by atoms with Crippen LogP contribution in [0.15, 0.2) is 18.2 Å². The monoisotopic (exact) mass is 232 g/mol. The lowest BCUT2D eigenvalue weighted by atomic mass is 9.70. The maximum Gasteiger partial charge on any atom is 0.0924 e. The van der Waals surface area contributed by atoms with Gasteiger partial charge in [-0.2, -0.15) is 0 Å². The minimum atomic E-state index is -0.580. The highest BCUT2D eigenvalue weighted by molar-refractivity contribution is 5.33. The Morgan fingerprint density at radius 3 is 2.41 bits per heavy atom. The number of aryl methyl sites for hydroxylation is 2. The van der Waals surface area contributed by atoms with Gasteiger partial charge in [0.15, 0.2) is 0 Å². The fraction of sp³-hybridized carbons (Fsp3) is 0.625. The zero-order valence-corrected chi connectivity index (χ0v) is 11.3. The van der Waals surface area contributed by atoms with Crippen LogP contribution in [0, 0.1) is 19.8 Å². The summed E-state index contributed by atoms with van der Waals surface area (Å²) >= 11 is 0. The lowest BCUT2D eigenvalue weighted by Gasteiger charge is -2.40. The summed E-state index contributed by atoms with van der Waals surface area (Å²) in [5.74, 6) is 0.428. The smallest absolute Gasteiger partial charge is 0.0924 e. The van der Waals surface area contributed by atoms with Crippen LogP contribution in [0.4, 0.5) is 0 Å². The summed E-state index contributed by atoms with van der Waals surface area (Å²) in [4.78, 5) is 0. The third-order valence-corrected chi connectivity index (χ3v) is 4.25. The molecule has 2 rings (SSSR count). The van der Waals surface area contributed by atoms with Crippen molar-refractivity contribution >= 4 is 0 Å². The average Bonchev–Trinajstić information content (AvgIpc) is 2.28. The maximum absolute atomic E-state index is 11.1. The Kier molecular flexibility index (Phi) is 3.58. The van der Waals surface area contributed by atoms with Crippen LogP contribution < -0.4 is 0 Å². The van der Waals surface area contributed by atoms with Crippen LogP contribution in [-0.4, -0.2) is 5.11 Å². The van der Waals surface area contributed by atoms with Crippen molar-refractivity contribution in [2.75, 3.05) is 0 Å². The van der Waals surface area contributed by atoms with Crippen LogP contribution in [-0.2, 0) is 5.60 Å². The van der Waals surface area contributed by atoms with Crippen LogP contribution in [0.2, 0.25) is 0 Å². The lowest BCUT2D eigenvalue weighted by Crippen LogP contribution is -2.37. The molecule has 0 heterocycles. The second-order valence-electron chi connectivity index (χ2n) is 5.65. The number of benzene rings is 1. The SMILES string of the molecule is CCC1CCCCC1(O)c1cc(C)cc(C)c1. The topological polar surface area (TPSA) is 20.2 Å². The summed E-state index contributed by atoms with van der Waals surface area (Å²) in [5, 5.41) is 11.1. The molecule has 1 aliphatic carbocycles. The molecule has 1 saturated carbocycles. The average molecular weight is 232 g/mol. The molecule has 0 saturated heterocycles. The highest BCUT2D eigenvalue weighted by atomic mass is 16.3. The van der Waals surface area contributed by atoms with E-state index in [0.29, 0.717) is 5.92 Å². The van der Waals surface area contributed by atoms with Crippen molar-refractivity contribution in [3.8, 4) is 0 Å². The molecular weight excluding hydrogens is 208 g/mol. The van der Waals surface area contributed by atoms with E-state index in [9.17, 15) is 5.11 Å². The van der Waals surface area contributed by atoms with E-state index < -0.39 is 5.60 Å². The Bertz CT molecular complexity index is 376. The highest BCUT2D eigenvalue weighted by Gasteiger charge is 2.39. The van der Waals surface area contributed by atoms with Gasteiger partial charge in [0.25, 0.3) is 0 Å². The van der Waals surface area contributed by atoms with Crippen molar-refractivity contribution in [2.24, 2.45) is 5.92 Å². The van der Waals surface area contributed by atoms with Gasteiger partial charge in [-0.1, -0.05) is 55.5 Å². The molecule has 1 heteroatoms. The molecule has 1 aliphatic rings. The van der Waals surface area contributed by atoms with Gasteiger partial charge < -0.3 is 5.11 Å². The summed E-state index contributed by atoms with van der Waals surface area (Å²) in [6, 6.07) is 6.51. The first-order chi connectivity index (χ1) is 8.06. The third-order valence-electron chi connectivity index (χ3n) is 4.25. The molecule has 0 radical (unpaired) electrons. The Labute approximate surface area is 105 Å². The van der Waals surface area contributed by atoms with E-state index in [1.54, 1.807) is 0 Å². The Morgan fingerprint density at radius 1 is 1.18 bits per heavy atom. The molecule has 1 nitrogen and oxygen atoms in total. The molecule has 2 atom stereocenters. The first-order valence-corrected chi connectivity index (χ1v) is 6.87. The van der Waals surface area contributed by atoms with E-state index in [4.69, 9.17) is 0 Å². The molecule has 0 spiro atoms. The second kappa shape index (κ2) is 4.81. The second-order valence-corrected chi connectivity index (χ2v) is 5.65. The Hall–Kier alpha value is -0.820. The van der Waals surface area contributed by atoms with Gasteiger partial charge in [-0.15, -0.1) is 0 Å². The molecule has 2 unspecified atom stereocenters. The van der Waals surface area contributed by atoms with E-state index in [0.717, 1.165) is 24.8 Å². The highest BCUT2D eigenvalue weighted by Crippen LogP contribution is 2.43. The van der Waals surface area contributed by atoms with Gasteiger partial charge in [-0.3, -0.25) is 0 Å². The zero-order valence-electron chi connectivity index (χ0n) is 11.3. The first kappa shape index (κ1) is 12.6. The summed E-state index contributed by atoms with van der Waals surface area (Å²) in [6.45, 7) is 6.43. The minimum Gasteiger partial charge on any atom is -0.385 e. The van der Waals surface area contributed by atoms with Crippen LogP contribution in [0.25, 0.3) is 0 Å². The maximum atomic E-state index is 11.1. The molecule has 1 fully saturated rings. The summed E-state index contributed by atoms with van der Waals surface area (Å²) < 4.78 is 0. The van der Waals surface area contributed by atoms with Gasteiger partial charge in [0, 0.05) is 0 Å². The van der Waals surface area contributed by atoms with Gasteiger partial charge in [-0.05, 0) is 38.2 Å². The first-order valence-electron chi connectivity index (χ1n) is 6.87. The van der Waals surface area contributed by atoms with Gasteiger partial charge in [0.05, 0.1) is 5.60 Å². The summed E-state index contributed by atoms with van der Waals surface area (Å²) in [6.07, 6.45) is 5.59. The molecule has 1 aromatic carbocycles. The predicted octanol–water partition coefficient (Wildman–Crippen LogP) is 4.09. The van der Waals surface area contributed by atoms with Crippen LogP contribution >= 0.6 is 0 Å². The molecule has 94 valence electrons. The quantitative estimate of drug-likeness (QED) is 0.814. The fourth-order valence-electron chi connectivity index (χ4n) is 3.37. The fourth-order valence-corrected chi connectivity index (χ4v) is 3.37. The molecule has 0 bridgehead atoms. The number of hydrogen-bond donors (Lipinski definition) is 1. The van der Waals surface area contributed by atoms with Crippen molar-refractivity contribution in [1.29, 1.82) is 0 Å². The summed E-state index contributed by atoms with van der Waals surface area (Å²) in [7, 11) is 0. The Morgan fingerprint density at radius 2 is 1.82 bits per heavy atom. The third kappa shape index (κ3) is 2.40. The number of aliphatic hydroxyl groups is 1. The predicted molar refractivity (Wildman–Crippen MR) is 72.1 cm³/mol. The Balaban J connectivity index is 2.40. The van der Waals surface area contributed by atoms with Gasteiger partial charge in [0.2, 0.25) is 0 Å². The van der Waals surface area contributed by atoms with Crippen molar-refractivity contribution in [2.45, 2.75) is 58.5 Å². The minimum absolute atomic E-state index is 0.428. The molecular formula is C16H24O. The van der Waals surface area contributed by atoms with Crippen molar-refractivity contribution in [3.63, 3.8) is 0 Å². The van der Waals surface area contributed by atoms with Crippen molar-refractivity contribution < 1.29 is 5.11 Å². The van der Waals surface area contributed by atoms with Crippen LogP contribution in [0.5, 0.6) is 0 Å². The van der Waals surface area contributed by atoms with Crippen LogP contribution in [0.1, 0.15) is 55.7 Å². The molecule has 1 N–H and O–H groups in total. The van der Waals surface area contributed by atoms with E-state index in [-0.39, 0.29) is 0 Å². The van der Waals surface area contributed by atoms with Crippen molar-refractivity contribution in [3.05, 3.63) is 34.9 Å². The molecule has 17 heavy (non-hydrogen) atoms. The van der Waals surface area contributed by atoms with Crippen molar-refractivity contribution in [1.82, 2.24) is 0 Å². The summed E-state index contributed by atoms with van der Waals surface area (Å²) in [5.41, 5.74) is 3.08. The molecule has 1 aromatic rings. The zero-order chi connectivity index (χ0) is 12.5. The molecule has 0 amide bonds. The van der Waals surface area contributed by atoms with E-state index >= 15 is 0 Å². The molecule has 0 aliphatic heterocycles. The van der Waals surface area contributed by atoms with E-state index in [1.807, 2.05) is 0 Å². The standard InChI is InChI=1S/C16H24O/c1-4-14-7-5-6-8-16(14,17)15-10-12(2)9-13(3)11-15/h9-11,14,17H,4-8H2,1-3H3.